The van der Waals surface area contributed by atoms with Crippen LogP contribution in [-0.2, 0) is 14.4 Å². The summed E-state index contributed by atoms with van der Waals surface area (Å²) in [7, 11) is 4.61. The van der Waals surface area contributed by atoms with Gasteiger partial charge in [0.15, 0.2) is 0 Å². The second-order valence-electron chi connectivity index (χ2n) is 5.41. The molecule has 0 aliphatic carbocycles. The third kappa shape index (κ3) is 3.22. The minimum atomic E-state index is -0.349. The molecule has 2 rings (SSSR count). The number of carbonyl (C=O) groups is 2. The van der Waals surface area contributed by atoms with Gasteiger partial charge in [0.2, 0.25) is 5.91 Å². The fraction of sp³-hybridized carbons (Fsp3) is 0.500. The van der Waals surface area contributed by atoms with Crippen LogP contribution in [0.15, 0.2) is 24.3 Å². The van der Waals surface area contributed by atoms with E-state index >= 15 is 0 Å². The molecule has 1 aromatic carbocycles. The number of rotatable bonds is 5. The molecule has 0 N–H and O–H groups in total. The predicted octanol–water partition coefficient (Wildman–Crippen LogP) is 1.62. The zero-order valence-corrected chi connectivity index (χ0v) is 13.4. The number of benzene rings is 1. The molecule has 120 valence electrons. The molecule has 0 bridgehead atoms. The lowest BCUT2D eigenvalue weighted by Gasteiger charge is -2.25. The number of likely N-dealkylation sites (tertiary alicyclic amines) is 1. The van der Waals surface area contributed by atoms with Gasteiger partial charge in [-0.25, -0.2) is 5.06 Å². The van der Waals surface area contributed by atoms with E-state index in [0.29, 0.717) is 6.54 Å². The van der Waals surface area contributed by atoms with Crippen molar-refractivity contribution in [3.05, 3.63) is 29.8 Å². The fourth-order valence-electron chi connectivity index (χ4n) is 2.68. The highest BCUT2D eigenvalue weighted by atomic mass is 16.7. The summed E-state index contributed by atoms with van der Waals surface area (Å²) in [5, 5.41) is 1.18. The minimum absolute atomic E-state index is 0.00817. The molecule has 6 heteroatoms. The Morgan fingerprint density at radius 2 is 1.95 bits per heavy atom. The van der Waals surface area contributed by atoms with E-state index < -0.39 is 0 Å². The molecule has 1 heterocycles. The van der Waals surface area contributed by atoms with Crippen molar-refractivity contribution in [2.75, 3.05) is 27.8 Å². The summed E-state index contributed by atoms with van der Waals surface area (Å²) in [4.78, 5) is 31.0. The van der Waals surface area contributed by atoms with Crippen LogP contribution in [0.5, 0.6) is 5.75 Å². The molecule has 2 atom stereocenters. The van der Waals surface area contributed by atoms with Crippen LogP contribution < -0.4 is 4.74 Å². The SMILES string of the molecule is COc1ccc([C@@H](C)N2C[C@@H](C(=O)N(C)OC)CC2=O)cc1. The second-order valence-corrected chi connectivity index (χ2v) is 5.41. The number of nitrogens with zero attached hydrogens (tertiary/aromatic N) is 2. The monoisotopic (exact) mass is 306 g/mol. The van der Waals surface area contributed by atoms with Crippen molar-refractivity contribution < 1.29 is 19.2 Å². The van der Waals surface area contributed by atoms with Crippen LogP contribution in [-0.4, -0.2) is 49.6 Å². The number of amides is 2. The largest absolute Gasteiger partial charge is 0.497 e. The van der Waals surface area contributed by atoms with Gasteiger partial charge in [-0.2, -0.15) is 0 Å². The summed E-state index contributed by atoms with van der Waals surface area (Å²) < 4.78 is 5.14. The fourth-order valence-corrected chi connectivity index (χ4v) is 2.68. The maximum absolute atomic E-state index is 12.2. The van der Waals surface area contributed by atoms with Crippen LogP contribution in [0.4, 0.5) is 0 Å². The minimum Gasteiger partial charge on any atom is -0.497 e. The molecule has 1 saturated heterocycles. The molecular formula is C16H22N2O4. The van der Waals surface area contributed by atoms with Crippen molar-refractivity contribution in [3.8, 4) is 5.75 Å². The highest BCUT2D eigenvalue weighted by molar-refractivity contribution is 5.89. The Labute approximate surface area is 130 Å². The van der Waals surface area contributed by atoms with Crippen LogP contribution in [0.2, 0.25) is 0 Å². The zero-order valence-electron chi connectivity index (χ0n) is 13.4. The Morgan fingerprint density at radius 3 is 2.50 bits per heavy atom. The van der Waals surface area contributed by atoms with E-state index in [1.165, 1.54) is 12.2 Å². The van der Waals surface area contributed by atoms with Crippen molar-refractivity contribution in [3.63, 3.8) is 0 Å². The van der Waals surface area contributed by atoms with Crippen molar-refractivity contribution in [1.29, 1.82) is 0 Å². The number of methoxy groups -OCH3 is 1. The molecule has 1 aliphatic rings. The van der Waals surface area contributed by atoms with Crippen LogP contribution >= 0.6 is 0 Å². The first kappa shape index (κ1) is 16.3. The van der Waals surface area contributed by atoms with E-state index in [1.807, 2.05) is 31.2 Å². The molecule has 0 spiro atoms. The van der Waals surface area contributed by atoms with Gasteiger partial charge < -0.3 is 9.64 Å². The first-order valence-electron chi connectivity index (χ1n) is 7.23. The first-order valence-corrected chi connectivity index (χ1v) is 7.23. The number of carbonyl (C=O) groups excluding carboxylic acids is 2. The van der Waals surface area contributed by atoms with Gasteiger partial charge in [0.1, 0.15) is 5.75 Å². The molecule has 0 unspecified atom stereocenters. The number of hydroxylamine groups is 2. The number of hydrogen-bond acceptors (Lipinski definition) is 4. The van der Waals surface area contributed by atoms with Gasteiger partial charge in [0.25, 0.3) is 5.91 Å². The molecule has 0 radical (unpaired) electrons. The molecule has 0 saturated carbocycles. The molecule has 2 amide bonds. The zero-order chi connectivity index (χ0) is 16.3. The topological polar surface area (TPSA) is 59.1 Å². The molecule has 1 fully saturated rings. The van der Waals surface area contributed by atoms with Gasteiger partial charge in [0.05, 0.1) is 26.2 Å². The quantitative estimate of drug-likeness (QED) is 0.776. The lowest BCUT2D eigenvalue weighted by molar-refractivity contribution is -0.173. The third-order valence-corrected chi connectivity index (χ3v) is 4.16. The molecule has 0 aromatic heterocycles. The Balaban J connectivity index is 2.08. The molecule has 1 aromatic rings. The van der Waals surface area contributed by atoms with E-state index in [2.05, 4.69) is 0 Å². The Morgan fingerprint density at radius 1 is 1.32 bits per heavy atom. The summed E-state index contributed by atoms with van der Waals surface area (Å²) in [6.45, 7) is 2.38. The van der Waals surface area contributed by atoms with E-state index in [4.69, 9.17) is 9.57 Å². The lowest BCUT2D eigenvalue weighted by Crippen LogP contribution is -2.34. The molecule has 1 aliphatic heterocycles. The number of ether oxygens (including phenoxy) is 1. The molecule has 6 nitrogen and oxygen atoms in total. The van der Waals surface area contributed by atoms with Crippen molar-refractivity contribution in [1.82, 2.24) is 9.96 Å². The van der Waals surface area contributed by atoms with Crippen LogP contribution in [0, 0.1) is 5.92 Å². The molecule has 22 heavy (non-hydrogen) atoms. The van der Waals surface area contributed by atoms with Gasteiger partial charge >= 0.3 is 0 Å². The van der Waals surface area contributed by atoms with Crippen molar-refractivity contribution in [2.24, 2.45) is 5.92 Å². The summed E-state index contributed by atoms with van der Waals surface area (Å²) in [6.07, 6.45) is 0.229. The van der Waals surface area contributed by atoms with Crippen LogP contribution in [0.3, 0.4) is 0 Å². The van der Waals surface area contributed by atoms with Crippen LogP contribution in [0.25, 0.3) is 0 Å². The van der Waals surface area contributed by atoms with E-state index in [-0.39, 0.29) is 30.2 Å². The summed E-state index contributed by atoms with van der Waals surface area (Å²) in [5.74, 6) is 0.253. The second kappa shape index (κ2) is 6.79. The normalized spacial score (nSPS) is 19.2. The Hall–Kier alpha value is -2.08. The summed E-state index contributed by atoms with van der Waals surface area (Å²) in [5.41, 5.74) is 1.02. The highest BCUT2D eigenvalue weighted by Crippen LogP contribution is 2.30. The van der Waals surface area contributed by atoms with Crippen molar-refractivity contribution >= 4 is 11.8 Å². The Bertz CT molecular complexity index is 544. The lowest BCUT2D eigenvalue weighted by atomic mass is 10.1. The van der Waals surface area contributed by atoms with E-state index in [0.717, 1.165) is 11.3 Å². The van der Waals surface area contributed by atoms with Gasteiger partial charge in [-0.05, 0) is 24.6 Å². The standard InChI is InChI=1S/C16H22N2O4/c1-11(12-5-7-14(21-3)8-6-12)18-10-13(9-15(18)19)16(20)17(2)22-4/h5-8,11,13H,9-10H2,1-4H3/t11-,13+/m1/s1. The Kier molecular flexibility index (Phi) is 5.03. The summed E-state index contributed by atoms with van der Waals surface area (Å²) in [6, 6.07) is 7.53. The number of hydrogen-bond donors (Lipinski definition) is 0. The van der Waals surface area contributed by atoms with Gasteiger partial charge in [0, 0.05) is 20.0 Å². The summed E-state index contributed by atoms with van der Waals surface area (Å²) >= 11 is 0. The maximum Gasteiger partial charge on any atom is 0.251 e. The van der Waals surface area contributed by atoms with Gasteiger partial charge in [-0.1, -0.05) is 12.1 Å². The van der Waals surface area contributed by atoms with Gasteiger partial charge in [-0.15, -0.1) is 0 Å². The van der Waals surface area contributed by atoms with Crippen LogP contribution in [0.1, 0.15) is 24.9 Å². The smallest absolute Gasteiger partial charge is 0.251 e. The first-order chi connectivity index (χ1) is 10.5. The van der Waals surface area contributed by atoms with E-state index in [1.54, 1.807) is 19.1 Å². The predicted molar refractivity (Wildman–Crippen MR) is 81.0 cm³/mol. The third-order valence-electron chi connectivity index (χ3n) is 4.16. The molecular weight excluding hydrogens is 284 g/mol. The average molecular weight is 306 g/mol. The average Bonchev–Trinajstić information content (AvgIpc) is 2.94. The van der Waals surface area contributed by atoms with Crippen molar-refractivity contribution in [2.45, 2.75) is 19.4 Å². The maximum atomic E-state index is 12.2. The highest BCUT2D eigenvalue weighted by Gasteiger charge is 2.38. The van der Waals surface area contributed by atoms with E-state index in [9.17, 15) is 9.59 Å². The van der Waals surface area contributed by atoms with Gasteiger partial charge in [-0.3, -0.25) is 14.4 Å².